The fourth-order valence-corrected chi connectivity index (χ4v) is 4.15. The van der Waals surface area contributed by atoms with Gasteiger partial charge in [0, 0.05) is 4.47 Å². The van der Waals surface area contributed by atoms with Gasteiger partial charge in [0.25, 0.3) is 10.0 Å². The smallest absolute Gasteiger partial charge is 0.314 e. The Morgan fingerprint density at radius 2 is 1.89 bits per heavy atom. The third-order valence-corrected chi connectivity index (χ3v) is 4.68. The summed E-state index contributed by atoms with van der Waals surface area (Å²) in [5.41, 5.74) is 0. The van der Waals surface area contributed by atoms with Crippen molar-refractivity contribution < 1.29 is 12.9 Å². The van der Waals surface area contributed by atoms with Crippen molar-refractivity contribution in [3.8, 4) is 0 Å². The molecule has 0 aliphatic carbocycles. The fourth-order valence-electron chi connectivity index (χ4n) is 1.29. The fraction of sp³-hybridized carbons (Fsp3) is 0.111. The van der Waals surface area contributed by atoms with E-state index in [-0.39, 0.29) is 21.0 Å². The molecular weight excluding hydrogens is 381 g/mol. The zero-order valence-corrected chi connectivity index (χ0v) is 13.2. The average Bonchev–Trinajstić information content (AvgIpc) is 2.60. The molecule has 1 N–H and O–H groups in total. The number of nitrogens with zero attached hydrogens (tertiary/aromatic N) is 2. The molecule has 0 unspecified atom stereocenters. The predicted octanol–water partition coefficient (Wildman–Crippen LogP) is 3.25. The summed E-state index contributed by atoms with van der Waals surface area (Å²) >= 11 is 14.9. The molecule has 1 heterocycles. The van der Waals surface area contributed by atoms with Crippen LogP contribution in [-0.4, -0.2) is 18.6 Å². The van der Waals surface area contributed by atoms with E-state index in [1.165, 1.54) is 12.1 Å². The van der Waals surface area contributed by atoms with Crippen LogP contribution in [0, 0.1) is 6.92 Å². The molecule has 0 aliphatic heterocycles. The van der Waals surface area contributed by atoms with Gasteiger partial charge in [-0.2, -0.15) is 4.98 Å². The summed E-state index contributed by atoms with van der Waals surface area (Å²) < 4.78 is 31.6. The molecule has 19 heavy (non-hydrogen) atoms. The first-order valence-corrected chi connectivity index (χ1v) is 7.80. The van der Waals surface area contributed by atoms with Crippen LogP contribution >= 0.6 is 39.1 Å². The molecule has 0 amide bonds. The Morgan fingerprint density at radius 3 is 2.37 bits per heavy atom. The van der Waals surface area contributed by atoms with Gasteiger partial charge in [0.15, 0.2) is 5.82 Å². The van der Waals surface area contributed by atoms with Crippen molar-refractivity contribution in [3.05, 3.63) is 32.5 Å². The largest absolute Gasteiger partial charge is 0.335 e. The van der Waals surface area contributed by atoms with Gasteiger partial charge in [-0.25, -0.2) is 13.1 Å². The van der Waals surface area contributed by atoms with Gasteiger partial charge in [-0.05, 0) is 19.1 Å². The van der Waals surface area contributed by atoms with Crippen LogP contribution in [0.15, 0.2) is 26.0 Å². The first-order valence-electron chi connectivity index (χ1n) is 4.77. The van der Waals surface area contributed by atoms with Crippen LogP contribution in [0.4, 0.5) is 6.01 Å². The molecule has 2 rings (SSSR count). The maximum absolute atomic E-state index is 12.1. The van der Waals surface area contributed by atoms with Gasteiger partial charge in [0.2, 0.25) is 0 Å². The van der Waals surface area contributed by atoms with E-state index in [1.807, 2.05) is 0 Å². The summed E-state index contributed by atoms with van der Waals surface area (Å²) in [7, 11) is -4.01. The maximum atomic E-state index is 12.1. The van der Waals surface area contributed by atoms with Crippen LogP contribution in [0.25, 0.3) is 0 Å². The van der Waals surface area contributed by atoms with Gasteiger partial charge in [0.1, 0.15) is 4.90 Å². The number of benzene rings is 1. The van der Waals surface area contributed by atoms with Crippen molar-refractivity contribution in [2.45, 2.75) is 11.8 Å². The number of aryl methyl sites for hydroxylation is 1. The normalized spacial score (nSPS) is 11.6. The summed E-state index contributed by atoms with van der Waals surface area (Å²) in [6, 6.07) is 2.58. The van der Waals surface area contributed by atoms with E-state index in [0.717, 1.165) is 0 Å². The van der Waals surface area contributed by atoms with Gasteiger partial charge >= 0.3 is 6.01 Å². The minimum absolute atomic E-state index is 0.0249. The number of rotatable bonds is 3. The Hall–Kier alpha value is -0.830. The lowest BCUT2D eigenvalue weighted by Crippen LogP contribution is -2.14. The highest BCUT2D eigenvalue weighted by molar-refractivity contribution is 9.10. The lowest BCUT2D eigenvalue weighted by Gasteiger charge is -2.08. The molecule has 0 saturated heterocycles. The Balaban J connectivity index is 2.45. The average molecular weight is 387 g/mol. The molecule has 10 heteroatoms. The lowest BCUT2D eigenvalue weighted by molar-refractivity contribution is 0.429. The molecule has 0 bridgehead atoms. The molecule has 102 valence electrons. The van der Waals surface area contributed by atoms with Gasteiger partial charge in [-0.1, -0.05) is 44.3 Å². The molecule has 1 aromatic heterocycles. The summed E-state index contributed by atoms with van der Waals surface area (Å²) in [6.07, 6.45) is 0. The number of halogens is 3. The second-order valence-electron chi connectivity index (χ2n) is 3.45. The quantitative estimate of drug-likeness (QED) is 0.874. The highest BCUT2D eigenvalue weighted by atomic mass is 79.9. The van der Waals surface area contributed by atoms with E-state index in [2.05, 4.69) is 35.3 Å². The second-order valence-corrected chi connectivity index (χ2v) is 6.80. The Kier molecular flexibility index (Phi) is 4.05. The topological polar surface area (TPSA) is 85.1 Å². The van der Waals surface area contributed by atoms with E-state index >= 15 is 0 Å². The maximum Gasteiger partial charge on any atom is 0.335 e. The van der Waals surface area contributed by atoms with E-state index in [4.69, 9.17) is 23.2 Å². The molecule has 0 radical (unpaired) electrons. The number of hydrogen-bond donors (Lipinski definition) is 1. The Labute approximate surface area is 127 Å². The third kappa shape index (κ3) is 3.19. The van der Waals surface area contributed by atoms with Crippen LogP contribution in [0.3, 0.4) is 0 Å². The number of anilines is 1. The van der Waals surface area contributed by atoms with Gasteiger partial charge in [0.05, 0.1) is 10.0 Å². The first-order chi connectivity index (χ1) is 8.79. The van der Waals surface area contributed by atoms with Crippen molar-refractivity contribution in [1.82, 2.24) is 10.1 Å². The molecule has 0 fully saturated rings. The number of hydrogen-bond acceptors (Lipinski definition) is 5. The summed E-state index contributed by atoms with van der Waals surface area (Å²) in [4.78, 5) is 3.48. The van der Waals surface area contributed by atoms with E-state index < -0.39 is 10.0 Å². The first kappa shape index (κ1) is 14.6. The van der Waals surface area contributed by atoms with Gasteiger partial charge in [-0.15, -0.1) is 0 Å². The van der Waals surface area contributed by atoms with E-state index in [0.29, 0.717) is 10.3 Å². The molecule has 6 nitrogen and oxygen atoms in total. The van der Waals surface area contributed by atoms with Gasteiger partial charge in [-0.3, -0.25) is 0 Å². The van der Waals surface area contributed by atoms with Gasteiger partial charge < -0.3 is 4.52 Å². The van der Waals surface area contributed by atoms with Crippen molar-refractivity contribution in [3.63, 3.8) is 0 Å². The van der Waals surface area contributed by atoms with Crippen LogP contribution in [-0.2, 0) is 10.0 Å². The molecule has 0 aliphatic rings. The predicted molar refractivity (Wildman–Crippen MR) is 74.0 cm³/mol. The Morgan fingerprint density at radius 1 is 1.32 bits per heavy atom. The third-order valence-electron chi connectivity index (χ3n) is 1.98. The minimum Gasteiger partial charge on any atom is -0.314 e. The lowest BCUT2D eigenvalue weighted by atomic mass is 10.4. The van der Waals surface area contributed by atoms with Crippen LogP contribution in [0.1, 0.15) is 5.82 Å². The van der Waals surface area contributed by atoms with Crippen LogP contribution in [0.5, 0.6) is 0 Å². The Bertz CT molecular complexity index is 709. The zero-order chi connectivity index (χ0) is 14.2. The molecule has 0 atom stereocenters. The highest BCUT2D eigenvalue weighted by Gasteiger charge is 2.24. The standard InChI is InChI=1S/C9H6BrCl2N3O3S/c1-4-13-9(18-14-4)15-19(16,17)8-6(11)2-5(10)3-7(8)12/h2-3H,1H3,(H,13,14,15). The molecule has 0 spiro atoms. The molecule has 0 saturated carbocycles. The number of nitrogens with one attached hydrogen (secondary N) is 1. The minimum atomic E-state index is -4.01. The molecular formula is C9H6BrCl2N3O3S. The second kappa shape index (κ2) is 5.28. The summed E-state index contributed by atoms with van der Waals surface area (Å²) in [5.74, 6) is 0.297. The van der Waals surface area contributed by atoms with E-state index in [1.54, 1.807) is 6.92 Å². The zero-order valence-electron chi connectivity index (χ0n) is 9.32. The van der Waals surface area contributed by atoms with E-state index in [9.17, 15) is 8.42 Å². The van der Waals surface area contributed by atoms with Crippen molar-refractivity contribution in [1.29, 1.82) is 0 Å². The monoisotopic (exact) mass is 385 g/mol. The number of sulfonamides is 1. The summed E-state index contributed by atoms with van der Waals surface area (Å²) in [6.45, 7) is 1.56. The molecule has 1 aromatic carbocycles. The van der Waals surface area contributed by atoms with Crippen molar-refractivity contribution in [2.24, 2.45) is 0 Å². The van der Waals surface area contributed by atoms with Crippen molar-refractivity contribution in [2.75, 3.05) is 4.72 Å². The SMILES string of the molecule is Cc1noc(NS(=O)(=O)c2c(Cl)cc(Br)cc2Cl)n1. The van der Waals surface area contributed by atoms with Crippen molar-refractivity contribution >= 4 is 55.2 Å². The summed E-state index contributed by atoms with van der Waals surface area (Å²) in [5, 5.41) is 3.42. The number of aromatic nitrogens is 2. The molecule has 2 aromatic rings. The highest BCUT2D eigenvalue weighted by Crippen LogP contribution is 2.33. The van der Waals surface area contributed by atoms with Crippen LogP contribution in [0.2, 0.25) is 10.0 Å². The van der Waals surface area contributed by atoms with Crippen LogP contribution < -0.4 is 4.72 Å².